The average molecular weight is 385 g/mol. The van der Waals surface area contributed by atoms with E-state index in [1.54, 1.807) is 25.9 Å². The van der Waals surface area contributed by atoms with Gasteiger partial charge < -0.3 is 10.0 Å². The molecule has 0 aliphatic carbocycles. The number of hydrogen-bond acceptors (Lipinski definition) is 5. The minimum atomic E-state index is -3.80. The number of carboxylic acid groups (broad SMARTS) is 1. The zero-order chi connectivity index (χ0) is 15.5. The Bertz CT molecular complexity index is 583. The standard InChI is InChI=1S/C11H17BrN2O4S2/c1-8-9(6-10(12)19-8)20(17,18)14(7-11(15)16)5-4-13(2)3/h6H,4-5,7H2,1-3H3,(H,15,16). The number of likely N-dealkylation sites (N-methyl/N-ethyl adjacent to an activating group) is 1. The lowest BCUT2D eigenvalue weighted by Crippen LogP contribution is -2.40. The Labute approximate surface area is 131 Å². The molecule has 0 amide bonds. The average Bonchev–Trinajstić information content (AvgIpc) is 2.63. The minimum Gasteiger partial charge on any atom is -0.480 e. The Morgan fingerprint density at radius 1 is 1.40 bits per heavy atom. The first-order chi connectivity index (χ1) is 9.14. The van der Waals surface area contributed by atoms with Crippen molar-refractivity contribution in [2.24, 2.45) is 0 Å². The van der Waals surface area contributed by atoms with Crippen molar-refractivity contribution in [3.05, 3.63) is 14.7 Å². The van der Waals surface area contributed by atoms with Gasteiger partial charge in [-0.15, -0.1) is 11.3 Å². The van der Waals surface area contributed by atoms with Crippen LogP contribution in [-0.2, 0) is 14.8 Å². The highest BCUT2D eigenvalue weighted by Crippen LogP contribution is 2.31. The molecule has 0 saturated heterocycles. The molecule has 9 heteroatoms. The van der Waals surface area contributed by atoms with Gasteiger partial charge in [0.1, 0.15) is 6.54 Å². The molecule has 0 spiro atoms. The second kappa shape index (κ2) is 6.99. The molecule has 0 saturated carbocycles. The maximum Gasteiger partial charge on any atom is 0.318 e. The maximum atomic E-state index is 12.5. The van der Waals surface area contributed by atoms with Crippen LogP contribution in [0.15, 0.2) is 14.7 Å². The molecule has 1 N–H and O–H groups in total. The summed E-state index contributed by atoms with van der Waals surface area (Å²) in [4.78, 5) is 13.5. The van der Waals surface area contributed by atoms with Gasteiger partial charge in [0.25, 0.3) is 0 Å². The van der Waals surface area contributed by atoms with Gasteiger partial charge in [-0.3, -0.25) is 4.79 Å². The molecule has 20 heavy (non-hydrogen) atoms. The summed E-state index contributed by atoms with van der Waals surface area (Å²) in [5.74, 6) is -1.17. The number of sulfonamides is 1. The van der Waals surface area contributed by atoms with Gasteiger partial charge in [0, 0.05) is 18.0 Å². The third kappa shape index (κ3) is 4.52. The SMILES string of the molecule is Cc1sc(Br)cc1S(=O)(=O)N(CCN(C)C)CC(=O)O. The van der Waals surface area contributed by atoms with Crippen LogP contribution in [0.4, 0.5) is 0 Å². The van der Waals surface area contributed by atoms with Gasteiger partial charge in [-0.05, 0) is 43.0 Å². The molecule has 6 nitrogen and oxygen atoms in total. The van der Waals surface area contributed by atoms with Gasteiger partial charge in [0.2, 0.25) is 10.0 Å². The van der Waals surface area contributed by atoms with Crippen molar-refractivity contribution >= 4 is 43.3 Å². The number of aliphatic carboxylic acids is 1. The number of rotatable bonds is 7. The minimum absolute atomic E-state index is 0.133. The van der Waals surface area contributed by atoms with Crippen molar-refractivity contribution in [1.82, 2.24) is 9.21 Å². The van der Waals surface area contributed by atoms with Crippen LogP contribution >= 0.6 is 27.3 Å². The van der Waals surface area contributed by atoms with Crippen LogP contribution in [0, 0.1) is 6.92 Å². The van der Waals surface area contributed by atoms with Crippen molar-refractivity contribution < 1.29 is 18.3 Å². The van der Waals surface area contributed by atoms with Crippen molar-refractivity contribution in [3.8, 4) is 0 Å². The van der Waals surface area contributed by atoms with Crippen molar-refractivity contribution in [2.75, 3.05) is 33.7 Å². The van der Waals surface area contributed by atoms with Crippen molar-refractivity contribution in [1.29, 1.82) is 0 Å². The lowest BCUT2D eigenvalue weighted by atomic mass is 10.5. The van der Waals surface area contributed by atoms with E-state index < -0.39 is 22.5 Å². The Hall–Kier alpha value is -0.480. The summed E-state index contributed by atoms with van der Waals surface area (Å²) in [6, 6.07) is 1.51. The number of thiophene rings is 1. The van der Waals surface area contributed by atoms with Crippen LogP contribution in [0.5, 0.6) is 0 Å². The molecule has 0 unspecified atom stereocenters. The number of hydrogen-bond donors (Lipinski definition) is 1. The van der Waals surface area contributed by atoms with Crippen molar-refractivity contribution in [3.63, 3.8) is 0 Å². The topological polar surface area (TPSA) is 77.9 Å². The van der Waals surface area contributed by atoms with E-state index in [9.17, 15) is 13.2 Å². The van der Waals surface area contributed by atoms with Gasteiger partial charge in [-0.2, -0.15) is 4.31 Å². The van der Waals surface area contributed by atoms with Crippen LogP contribution in [0.25, 0.3) is 0 Å². The molecule has 1 aromatic rings. The lowest BCUT2D eigenvalue weighted by molar-refractivity contribution is -0.137. The Morgan fingerprint density at radius 3 is 2.40 bits per heavy atom. The number of aryl methyl sites for hydroxylation is 1. The van der Waals surface area contributed by atoms with E-state index in [2.05, 4.69) is 15.9 Å². The molecule has 0 aliphatic rings. The highest BCUT2D eigenvalue weighted by Gasteiger charge is 2.29. The molecule has 1 rings (SSSR count). The molecule has 0 radical (unpaired) electrons. The van der Waals surface area contributed by atoms with E-state index in [1.165, 1.54) is 17.4 Å². The highest BCUT2D eigenvalue weighted by molar-refractivity contribution is 9.11. The summed E-state index contributed by atoms with van der Waals surface area (Å²) >= 11 is 4.56. The fourth-order valence-corrected chi connectivity index (χ4v) is 5.34. The number of carbonyl (C=O) groups is 1. The van der Waals surface area contributed by atoms with Gasteiger partial charge in [-0.1, -0.05) is 0 Å². The number of nitrogens with zero attached hydrogens (tertiary/aromatic N) is 2. The monoisotopic (exact) mass is 384 g/mol. The number of halogens is 1. The maximum absolute atomic E-state index is 12.5. The van der Waals surface area contributed by atoms with Crippen LogP contribution < -0.4 is 0 Å². The fraction of sp³-hybridized carbons (Fsp3) is 0.545. The molecule has 0 fully saturated rings. The zero-order valence-corrected chi connectivity index (χ0v) is 14.7. The molecule has 0 atom stereocenters. The molecule has 0 aromatic carbocycles. The third-order valence-electron chi connectivity index (χ3n) is 2.57. The van der Waals surface area contributed by atoms with E-state index in [4.69, 9.17) is 5.11 Å². The third-order valence-corrected chi connectivity index (χ3v) is 6.22. The number of carboxylic acids is 1. The van der Waals surface area contributed by atoms with E-state index in [1.807, 2.05) is 0 Å². The summed E-state index contributed by atoms with van der Waals surface area (Å²) in [6.07, 6.45) is 0. The zero-order valence-electron chi connectivity index (χ0n) is 11.5. The van der Waals surface area contributed by atoms with Gasteiger partial charge >= 0.3 is 5.97 Å². The van der Waals surface area contributed by atoms with E-state index >= 15 is 0 Å². The van der Waals surface area contributed by atoms with E-state index in [0.29, 0.717) is 15.2 Å². The van der Waals surface area contributed by atoms with Crippen LogP contribution in [0.1, 0.15) is 4.88 Å². The molecule has 0 bridgehead atoms. The van der Waals surface area contributed by atoms with Gasteiger partial charge in [-0.25, -0.2) is 8.42 Å². The Morgan fingerprint density at radius 2 is 2.00 bits per heavy atom. The predicted molar refractivity (Wildman–Crippen MR) is 81.7 cm³/mol. The van der Waals surface area contributed by atoms with E-state index in [0.717, 1.165) is 4.31 Å². The largest absolute Gasteiger partial charge is 0.480 e. The molecule has 1 aromatic heterocycles. The van der Waals surface area contributed by atoms with Crippen LogP contribution in [0.2, 0.25) is 0 Å². The summed E-state index contributed by atoms with van der Waals surface area (Å²) in [7, 11) is -0.188. The van der Waals surface area contributed by atoms with Gasteiger partial charge in [0.15, 0.2) is 0 Å². The first-order valence-corrected chi connectivity index (χ1v) is 8.82. The van der Waals surface area contributed by atoms with Crippen molar-refractivity contribution in [2.45, 2.75) is 11.8 Å². The first-order valence-electron chi connectivity index (χ1n) is 5.77. The van der Waals surface area contributed by atoms with Crippen LogP contribution in [0.3, 0.4) is 0 Å². The molecular formula is C11H17BrN2O4S2. The first kappa shape index (κ1) is 17.6. The Balaban J connectivity index is 3.10. The second-order valence-corrected chi connectivity index (χ2v) is 9.05. The predicted octanol–water partition coefficient (Wildman–Crippen LogP) is 1.46. The Kier molecular flexibility index (Phi) is 6.14. The fourth-order valence-electron chi connectivity index (χ4n) is 1.57. The molecular weight excluding hydrogens is 368 g/mol. The molecule has 0 aliphatic heterocycles. The normalized spacial score (nSPS) is 12.3. The lowest BCUT2D eigenvalue weighted by Gasteiger charge is -2.22. The van der Waals surface area contributed by atoms with Crippen LogP contribution in [-0.4, -0.2) is 62.4 Å². The highest BCUT2D eigenvalue weighted by atomic mass is 79.9. The second-order valence-electron chi connectivity index (χ2n) is 4.51. The summed E-state index contributed by atoms with van der Waals surface area (Å²) in [6.45, 7) is 1.75. The summed E-state index contributed by atoms with van der Waals surface area (Å²) in [5, 5.41) is 8.91. The van der Waals surface area contributed by atoms with Gasteiger partial charge in [0.05, 0.1) is 8.68 Å². The summed E-state index contributed by atoms with van der Waals surface area (Å²) < 4.78 is 26.8. The smallest absolute Gasteiger partial charge is 0.318 e. The molecule has 114 valence electrons. The quantitative estimate of drug-likeness (QED) is 0.769. The summed E-state index contributed by atoms with van der Waals surface area (Å²) in [5.41, 5.74) is 0. The van der Waals surface area contributed by atoms with E-state index in [-0.39, 0.29) is 11.4 Å². The molecule has 1 heterocycles.